The number of aromatic nitrogens is 2. The van der Waals surface area contributed by atoms with Crippen LogP contribution in [0.3, 0.4) is 0 Å². The maximum Gasteiger partial charge on any atom is 0.250 e. The Morgan fingerprint density at radius 2 is 2.04 bits per heavy atom. The van der Waals surface area contributed by atoms with E-state index < -0.39 is 15.7 Å². The maximum absolute atomic E-state index is 12.0. The molecule has 0 atom stereocenters. The molecule has 3 N–H and O–H groups in total. The zero-order valence-electron chi connectivity index (χ0n) is 14.3. The fraction of sp³-hybridized carbons (Fsp3) is 0.333. The molecule has 4 rings (SSSR count). The van der Waals surface area contributed by atoms with Crippen LogP contribution in [0.1, 0.15) is 39.7 Å². The summed E-state index contributed by atoms with van der Waals surface area (Å²) in [7, 11) is -2.92. The summed E-state index contributed by atoms with van der Waals surface area (Å²) in [5.41, 5.74) is 9.44. The third kappa shape index (κ3) is 3.03. The molecule has 2 aromatic heterocycles. The Kier molecular flexibility index (Phi) is 4.11. The normalized spacial score (nSPS) is 17.6. The summed E-state index contributed by atoms with van der Waals surface area (Å²) in [4.78, 5) is 19.7. The van der Waals surface area contributed by atoms with Gasteiger partial charge >= 0.3 is 0 Å². The molecule has 6 nitrogen and oxygen atoms in total. The van der Waals surface area contributed by atoms with Gasteiger partial charge in [-0.2, -0.15) is 0 Å². The van der Waals surface area contributed by atoms with Crippen LogP contribution in [0.5, 0.6) is 0 Å². The van der Waals surface area contributed by atoms with Crippen LogP contribution < -0.4 is 5.73 Å². The van der Waals surface area contributed by atoms with Crippen molar-refractivity contribution in [2.24, 2.45) is 5.73 Å². The average Bonchev–Trinajstić information content (AvgIpc) is 3.20. The monoisotopic (exact) mass is 389 g/mol. The van der Waals surface area contributed by atoms with E-state index in [0.29, 0.717) is 23.9 Å². The number of nitrogens with one attached hydrogen (secondary N) is 1. The highest BCUT2D eigenvalue weighted by Crippen LogP contribution is 2.37. The van der Waals surface area contributed by atoms with E-state index >= 15 is 0 Å². The lowest BCUT2D eigenvalue weighted by Gasteiger charge is -2.21. The van der Waals surface area contributed by atoms with Gasteiger partial charge in [0.05, 0.1) is 33.3 Å². The summed E-state index contributed by atoms with van der Waals surface area (Å²) in [6.45, 7) is 1.94. The Hall–Kier alpha value is -2.19. The SMILES string of the molecule is Cc1nc(-c2cc(C(N)=O)c3[nH]cc(C4CCS(=O)(=O)CC4)c3c2)cs1. The molecule has 3 heterocycles. The van der Waals surface area contributed by atoms with Gasteiger partial charge in [-0.3, -0.25) is 4.79 Å². The van der Waals surface area contributed by atoms with E-state index in [0.717, 1.165) is 27.2 Å². The number of H-pyrrole nitrogens is 1. The number of hydrogen-bond donors (Lipinski definition) is 2. The number of fused-ring (bicyclic) bond motifs is 1. The van der Waals surface area contributed by atoms with Crippen LogP contribution in [0.2, 0.25) is 0 Å². The summed E-state index contributed by atoms with van der Waals surface area (Å²) >= 11 is 1.55. The van der Waals surface area contributed by atoms with Gasteiger partial charge in [-0.05, 0) is 43.4 Å². The molecule has 1 fully saturated rings. The molecule has 1 aliphatic rings. The van der Waals surface area contributed by atoms with Crippen molar-refractivity contribution in [3.8, 4) is 11.3 Å². The maximum atomic E-state index is 12.0. The summed E-state index contributed by atoms with van der Waals surface area (Å²) < 4.78 is 23.5. The lowest BCUT2D eigenvalue weighted by molar-refractivity contribution is 0.100. The highest BCUT2D eigenvalue weighted by molar-refractivity contribution is 7.91. The van der Waals surface area contributed by atoms with Crippen LogP contribution >= 0.6 is 11.3 Å². The molecule has 0 radical (unpaired) electrons. The van der Waals surface area contributed by atoms with Crippen molar-refractivity contribution in [2.75, 3.05) is 11.5 Å². The predicted molar refractivity (Wildman–Crippen MR) is 103 cm³/mol. The quantitative estimate of drug-likeness (QED) is 0.718. The molecular formula is C18H19N3O3S2. The predicted octanol–water partition coefficient (Wildman–Crippen LogP) is 2.99. The lowest BCUT2D eigenvalue weighted by atomic mass is 9.91. The molecule has 0 unspecified atom stereocenters. The molecule has 136 valence electrons. The number of nitrogens with zero attached hydrogens (tertiary/aromatic N) is 1. The fourth-order valence-electron chi connectivity index (χ4n) is 3.63. The van der Waals surface area contributed by atoms with Gasteiger partial charge in [-0.25, -0.2) is 13.4 Å². The van der Waals surface area contributed by atoms with Crippen molar-refractivity contribution >= 4 is 38.0 Å². The van der Waals surface area contributed by atoms with E-state index in [-0.39, 0.29) is 17.4 Å². The first-order valence-electron chi connectivity index (χ1n) is 8.42. The minimum absolute atomic E-state index is 0.153. The van der Waals surface area contributed by atoms with E-state index in [1.54, 1.807) is 17.4 Å². The van der Waals surface area contributed by atoms with Gasteiger partial charge < -0.3 is 10.7 Å². The number of amides is 1. The smallest absolute Gasteiger partial charge is 0.250 e. The van der Waals surface area contributed by atoms with Crippen molar-refractivity contribution in [3.05, 3.63) is 39.8 Å². The van der Waals surface area contributed by atoms with Crippen molar-refractivity contribution in [3.63, 3.8) is 0 Å². The largest absolute Gasteiger partial charge is 0.366 e. The highest BCUT2D eigenvalue weighted by atomic mass is 32.2. The third-order valence-corrected chi connectivity index (χ3v) is 7.48. The summed E-state index contributed by atoms with van der Waals surface area (Å²) in [6, 6.07) is 3.79. The van der Waals surface area contributed by atoms with E-state index in [1.807, 2.05) is 24.6 Å². The molecular weight excluding hydrogens is 370 g/mol. The third-order valence-electron chi connectivity index (χ3n) is 5.00. The lowest BCUT2D eigenvalue weighted by Crippen LogP contribution is -2.22. The van der Waals surface area contributed by atoms with Gasteiger partial charge in [0.15, 0.2) is 0 Å². The molecule has 8 heteroatoms. The molecule has 0 spiro atoms. The number of primary amides is 1. The van der Waals surface area contributed by atoms with Crippen molar-refractivity contribution in [1.29, 1.82) is 0 Å². The number of carbonyl (C=O) groups excluding carboxylic acids is 1. The van der Waals surface area contributed by atoms with Gasteiger partial charge in [0.2, 0.25) is 0 Å². The Morgan fingerprint density at radius 1 is 1.31 bits per heavy atom. The number of thiazole rings is 1. The first-order valence-corrected chi connectivity index (χ1v) is 11.1. The van der Waals surface area contributed by atoms with E-state index in [2.05, 4.69) is 9.97 Å². The minimum atomic E-state index is -2.92. The van der Waals surface area contributed by atoms with E-state index in [1.165, 1.54) is 0 Å². The van der Waals surface area contributed by atoms with Crippen molar-refractivity contribution in [2.45, 2.75) is 25.7 Å². The van der Waals surface area contributed by atoms with Crippen LogP contribution in [-0.4, -0.2) is 35.8 Å². The van der Waals surface area contributed by atoms with Crippen LogP contribution in [0, 0.1) is 6.92 Å². The van der Waals surface area contributed by atoms with Gasteiger partial charge in [0.25, 0.3) is 5.91 Å². The Labute approximate surface area is 155 Å². The first-order chi connectivity index (χ1) is 12.3. The van der Waals surface area contributed by atoms with Crippen LogP contribution in [-0.2, 0) is 9.84 Å². The zero-order chi connectivity index (χ0) is 18.5. The number of nitrogens with two attached hydrogens (primary N) is 1. The van der Waals surface area contributed by atoms with Gasteiger partial charge in [-0.1, -0.05) is 0 Å². The first kappa shape index (κ1) is 17.2. The Morgan fingerprint density at radius 3 is 2.65 bits per heavy atom. The number of benzene rings is 1. The number of aromatic amines is 1. The van der Waals surface area contributed by atoms with E-state index in [9.17, 15) is 13.2 Å². The second-order valence-electron chi connectivity index (χ2n) is 6.73. The molecule has 0 bridgehead atoms. The summed E-state index contributed by atoms with van der Waals surface area (Å²) in [5.74, 6) is 0.0690. The fourth-order valence-corrected chi connectivity index (χ4v) is 5.74. The molecule has 1 aliphatic heterocycles. The molecule has 0 saturated carbocycles. The van der Waals surface area contributed by atoms with Crippen molar-refractivity contribution in [1.82, 2.24) is 9.97 Å². The minimum Gasteiger partial charge on any atom is -0.366 e. The van der Waals surface area contributed by atoms with Gasteiger partial charge in [-0.15, -0.1) is 11.3 Å². The highest BCUT2D eigenvalue weighted by Gasteiger charge is 2.27. The van der Waals surface area contributed by atoms with E-state index in [4.69, 9.17) is 5.73 Å². The molecule has 26 heavy (non-hydrogen) atoms. The molecule has 1 aromatic carbocycles. The summed E-state index contributed by atoms with van der Waals surface area (Å²) in [5, 5.41) is 3.83. The van der Waals surface area contributed by atoms with Crippen molar-refractivity contribution < 1.29 is 13.2 Å². The average molecular weight is 390 g/mol. The second-order valence-corrected chi connectivity index (χ2v) is 10.1. The number of sulfone groups is 1. The zero-order valence-corrected chi connectivity index (χ0v) is 15.9. The van der Waals surface area contributed by atoms with Crippen LogP contribution in [0.4, 0.5) is 0 Å². The number of aryl methyl sites for hydroxylation is 1. The Balaban J connectivity index is 1.85. The second kappa shape index (κ2) is 6.21. The van der Waals surface area contributed by atoms with Crippen LogP contribution in [0.15, 0.2) is 23.7 Å². The number of rotatable bonds is 3. The number of carbonyl (C=O) groups is 1. The Bertz CT molecular complexity index is 1100. The standard InChI is InChI=1S/C18H19N3O3S2/c1-10-21-16(9-25-10)12-6-13-15(11-2-4-26(23,24)5-3-11)8-20-17(13)14(7-12)18(19)22/h6-9,11,20H,2-5H2,1H3,(H2,19,22). The molecule has 1 amide bonds. The van der Waals surface area contributed by atoms with Crippen LogP contribution in [0.25, 0.3) is 22.2 Å². The topological polar surface area (TPSA) is 106 Å². The van der Waals surface area contributed by atoms with Gasteiger partial charge in [0, 0.05) is 22.5 Å². The number of hydrogen-bond acceptors (Lipinski definition) is 5. The molecule has 3 aromatic rings. The summed E-state index contributed by atoms with van der Waals surface area (Å²) in [6.07, 6.45) is 3.08. The molecule has 0 aliphatic carbocycles. The molecule has 1 saturated heterocycles. The van der Waals surface area contributed by atoms with Gasteiger partial charge in [0.1, 0.15) is 9.84 Å².